The molecule has 0 saturated heterocycles. The Balaban J connectivity index is 1.86. The lowest BCUT2D eigenvalue weighted by atomic mass is 10.1. The zero-order chi connectivity index (χ0) is 15.1. The Hall–Kier alpha value is -1.14. The van der Waals surface area contributed by atoms with E-state index in [9.17, 15) is 9.18 Å². The van der Waals surface area contributed by atoms with Crippen LogP contribution in [0.15, 0.2) is 27.3 Å². The van der Waals surface area contributed by atoms with Gasteiger partial charge in [0, 0.05) is 36.3 Å². The van der Waals surface area contributed by atoms with Gasteiger partial charge in [0.25, 0.3) is 5.91 Å². The number of nitrogens with one attached hydrogen (secondary N) is 1. The number of aryl methyl sites for hydroxylation is 1. The van der Waals surface area contributed by atoms with E-state index >= 15 is 0 Å². The van der Waals surface area contributed by atoms with E-state index in [2.05, 4.69) is 36.8 Å². The number of aromatic nitrogens is 1. The van der Waals surface area contributed by atoms with E-state index in [0.717, 1.165) is 26.8 Å². The monoisotopic (exact) mass is 414 g/mol. The molecule has 0 spiro atoms. The van der Waals surface area contributed by atoms with Gasteiger partial charge in [-0.25, -0.2) is 4.39 Å². The fourth-order valence-electron chi connectivity index (χ4n) is 2.56. The Morgan fingerprint density at radius 1 is 1.38 bits per heavy atom. The summed E-state index contributed by atoms with van der Waals surface area (Å²) in [7, 11) is 0. The topological polar surface area (TPSA) is 36.1 Å². The molecule has 2 aromatic rings. The molecule has 0 atom stereocenters. The van der Waals surface area contributed by atoms with Crippen LogP contribution in [-0.4, -0.2) is 22.3 Å². The summed E-state index contributed by atoms with van der Waals surface area (Å²) in [5.41, 5.74) is 3.26. The third-order valence-corrected chi connectivity index (χ3v) is 5.76. The summed E-state index contributed by atoms with van der Waals surface area (Å²) in [6, 6.07) is 4.50. The smallest absolute Gasteiger partial charge is 0.254 e. The molecule has 1 amide bonds. The van der Waals surface area contributed by atoms with Crippen LogP contribution in [0.5, 0.6) is 0 Å². The molecule has 2 heterocycles. The van der Waals surface area contributed by atoms with Gasteiger partial charge in [-0.3, -0.25) is 4.79 Å². The van der Waals surface area contributed by atoms with E-state index in [4.69, 9.17) is 0 Å². The Morgan fingerprint density at radius 3 is 2.86 bits per heavy atom. The molecule has 3 rings (SSSR count). The maximum Gasteiger partial charge on any atom is 0.254 e. The van der Waals surface area contributed by atoms with Gasteiger partial charge in [0.05, 0.1) is 9.08 Å². The summed E-state index contributed by atoms with van der Waals surface area (Å²) >= 11 is 6.97. The first kappa shape index (κ1) is 14.8. The molecule has 3 nitrogen and oxygen atoms in total. The molecular weight excluding hydrogens is 403 g/mol. The molecular formula is C15H13Br2FN2O. The first-order chi connectivity index (χ1) is 9.97. The number of H-pyrrole nitrogens is 1. The van der Waals surface area contributed by atoms with Crippen molar-refractivity contribution in [2.75, 3.05) is 6.54 Å². The van der Waals surface area contributed by atoms with Crippen LogP contribution < -0.4 is 0 Å². The van der Waals surface area contributed by atoms with E-state index in [1.807, 2.05) is 0 Å². The lowest BCUT2D eigenvalue weighted by Gasteiger charge is -2.27. The highest BCUT2D eigenvalue weighted by Gasteiger charge is 2.26. The summed E-state index contributed by atoms with van der Waals surface area (Å²) in [4.78, 5) is 17.6. The van der Waals surface area contributed by atoms with Crippen LogP contribution in [0, 0.1) is 12.7 Å². The van der Waals surface area contributed by atoms with Crippen molar-refractivity contribution in [1.82, 2.24) is 9.88 Å². The maximum absolute atomic E-state index is 13.3. The number of amides is 1. The molecule has 0 aliphatic carbocycles. The molecule has 1 N–H and O–H groups in total. The van der Waals surface area contributed by atoms with E-state index in [-0.39, 0.29) is 11.7 Å². The standard InChI is InChI=1S/C15H13Br2FN2O/c1-8-6-9(2-3-11(8)18)15(21)20-5-4-12-10(7-20)13(16)14(17)19-12/h2-3,6,19H,4-5,7H2,1H3. The number of carbonyl (C=O) groups is 1. The van der Waals surface area contributed by atoms with Gasteiger partial charge in [0.2, 0.25) is 0 Å². The van der Waals surface area contributed by atoms with Crippen molar-refractivity contribution >= 4 is 37.8 Å². The SMILES string of the molecule is Cc1cc(C(=O)N2CCc3[nH]c(Br)c(Br)c3C2)ccc1F. The number of hydrogen-bond donors (Lipinski definition) is 1. The van der Waals surface area contributed by atoms with Gasteiger partial charge in [-0.15, -0.1) is 0 Å². The Kier molecular flexibility index (Phi) is 3.92. The van der Waals surface area contributed by atoms with Gasteiger partial charge < -0.3 is 9.88 Å². The van der Waals surface area contributed by atoms with Crippen molar-refractivity contribution in [3.05, 3.63) is 55.5 Å². The van der Waals surface area contributed by atoms with Gasteiger partial charge in [0.1, 0.15) is 5.82 Å². The van der Waals surface area contributed by atoms with Gasteiger partial charge in [0.15, 0.2) is 0 Å². The minimum atomic E-state index is -0.287. The predicted octanol–water partition coefficient (Wildman–Crippen LogP) is 4.19. The molecule has 0 saturated carbocycles. The van der Waals surface area contributed by atoms with Crippen LogP contribution in [-0.2, 0) is 13.0 Å². The average molecular weight is 416 g/mol. The number of nitrogens with zero attached hydrogens (tertiary/aromatic N) is 1. The van der Waals surface area contributed by atoms with Crippen molar-refractivity contribution in [1.29, 1.82) is 0 Å². The molecule has 6 heteroatoms. The summed E-state index contributed by atoms with van der Waals surface area (Å²) in [6.45, 7) is 2.87. The summed E-state index contributed by atoms with van der Waals surface area (Å²) in [5.74, 6) is -0.349. The fourth-order valence-corrected chi connectivity index (χ4v) is 3.50. The lowest BCUT2D eigenvalue weighted by molar-refractivity contribution is 0.0734. The molecule has 0 radical (unpaired) electrons. The molecule has 0 unspecified atom stereocenters. The van der Waals surface area contributed by atoms with Crippen molar-refractivity contribution in [3.63, 3.8) is 0 Å². The van der Waals surface area contributed by atoms with Gasteiger partial charge >= 0.3 is 0 Å². The number of benzene rings is 1. The number of aromatic amines is 1. The third kappa shape index (κ3) is 2.66. The highest BCUT2D eigenvalue weighted by atomic mass is 79.9. The second-order valence-electron chi connectivity index (χ2n) is 5.15. The zero-order valence-electron chi connectivity index (χ0n) is 11.3. The first-order valence-electron chi connectivity index (χ1n) is 6.57. The summed E-state index contributed by atoms with van der Waals surface area (Å²) in [6.07, 6.45) is 0.783. The van der Waals surface area contributed by atoms with E-state index in [1.165, 1.54) is 6.07 Å². The van der Waals surface area contributed by atoms with Crippen molar-refractivity contribution < 1.29 is 9.18 Å². The van der Waals surface area contributed by atoms with E-state index in [0.29, 0.717) is 24.2 Å². The second kappa shape index (κ2) is 5.57. The molecule has 21 heavy (non-hydrogen) atoms. The van der Waals surface area contributed by atoms with Gasteiger partial charge in [-0.1, -0.05) is 0 Å². The van der Waals surface area contributed by atoms with Crippen LogP contribution in [0.4, 0.5) is 4.39 Å². The minimum Gasteiger partial charge on any atom is -0.352 e. The van der Waals surface area contributed by atoms with Crippen LogP contribution in [0.3, 0.4) is 0 Å². The van der Waals surface area contributed by atoms with Crippen molar-refractivity contribution in [2.24, 2.45) is 0 Å². The minimum absolute atomic E-state index is 0.0621. The number of halogens is 3. The van der Waals surface area contributed by atoms with Crippen LogP contribution >= 0.6 is 31.9 Å². The number of rotatable bonds is 1. The molecule has 0 bridgehead atoms. The molecule has 0 fully saturated rings. The highest BCUT2D eigenvalue weighted by Crippen LogP contribution is 2.33. The van der Waals surface area contributed by atoms with Crippen LogP contribution in [0.1, 0.15) is 27.2 Å². The van der Waals surface area contributed by atoms with Crippen LogP contribution in [0.2, 0.25) is 0 Å². The number of carbonyl (C=O) groups excluding carboxylic acids is 1. The van der Waals surface area contributed by atoms with Gasteiger partial charge in [-0.2, -0.15) is 0 Å². The molecule has 1 aromatic heterocycles. The molecule has 110 valence electrons. The Morgan fingerprint density at radius 2 is 2.14 bits per heavy atom. The number of hydrogen-bond acceptors (Lipinski definition) is 1. The quantitative estimate of drug-likeness (QED) is 0.744. The normalized spacial score (nSPS) is 14.2. The van der Waals surface area contributed by atoms with Gasteiger partial charge in [-0.05, 0) is 62.5 Å². The second-order valence-corrected chi connectivity index (χ2v) is 6.74. The lowest BCUT2D eigenvalue weighted by Crippen LogP contribution is -2.35. The molecule has 1 aliphatic rings. The molecule has 1 aliphatic heterocycles. The van der Waals surface area contributed by atoms with E-state index < -0.39 is 0 Å². The van der Waals surface area contributed by atoms with Crippen molar-refractivity contribution in [3.8, 4) is 0 Å². The Labute approximate surface area is 138 Å². The first-order valence-corrected chi connectivity index (χ1v) is 8.16. The van der Waals surface area contributed by atoms with E-state index in [1.54, 1.807) is 24.0 Å². The molecule has 1 aromatic carbocycles. The zero-order valence-corrected chi connectivity index (χ0v) is 14.5. The third-order valence-electron chi connectivity index (χ3n) is 3.76. The largest absolute Gasteiger partial charge is 0.352 e. The fraction of sp³-hybridized carbons (Fsp3) is 0.267. The van der Waals surface area contributed by atoms with Crippen LogP contribution in [0.25, 0.3) is 0 Å². The average Bonchev–Trinajstić information content (AvgIpc) is 2.76. The predicted molar refractivity (Wildman–Crippen MR) is 85.8 cm³/mol. The highest BCUT2D eigenvalue weighted by molar-refractivity contribution is 9.13. The number of fused-ring (bicyclic) bond motifs is 1. The maximum atomic E-state index is 13.3. The Bertz CT molecular complexity index is 727. The summed E-state index contributed by atoms with van der Waals surface area (Å²) < 4.78 is 15.2. The summed E-state index contributed by atoms with van der Waals surface area (Å²) in [5, 5.41) is 0. The van der Waals surface area contributed by atoms with Crippen molar-refractivity contribution in [2.45, 2.75) is 19.9 Å².